The van der Waals surface area contributed by atoms with Gasteiger partial charge in [-0.2, -0.15) is 5.10 Å². The molecule has 1 fully saturated rings. The van der Waals surface area contributed by atoms with Gasteiger partial charge in [-0.15, -0.1) is 0 Å². The fourth-order valence-corrected chi connectivity index (χ4v) is 3.13. The molecule has 0 saturated carbocycles. The standard InChI is InChI=1S/C19H21N5O3/c1-14(15-5-2-3-6-16(15)24-8-4-7-20-24)21-19(25)17-13-18(22-27-17)23-9-11-26-12-10-23/h2-8,13-14H,9-12H2,1H3,(H,21,25). The number of carbonyl (C=O) groups is 1. The van der Waals surface area contributed by atoms with Gasteiger partial charge in [-0.1, -0.05) is 23.4 Å². The van der Waals surface area contributed by atoms with Gasteiger partial charge >= 0.3 is 0 Å². The van der Waals surface area contributed by atoms with Gasteiger partial charge in [0, 0.05) is 31.5 Å². The Morgan fingerprint density at radius 3 is 2.81 bits per heavy atom. The predicted octanol–water partition coefficient (Wildman–Crippen LogP) is 2.19. The Labute approximate surface area is 156 Å². The highest BCUT2D eigenvalue weighted by Gasteiger charge is 2.21. The topological polar surface area (TPSA) is 85.4 Å². The number of carbonyl (C=O) groups excluding carboxylic acids is 1. The number of amides is 1. The smallest absolute Gasteiger partial charge is 0.290 e. The van der Waals surface area contributed by atoms with Crippen LogP contribution in [0.3, 0.4) is 0 Å². The second kappa shape index (κ2) is 7.63. The number of aromatic nitrogens is 3. The summed E-state index contributed by atoms with van der Waals surface area (Å²) >= 11 is 0. The van der Waals surface area contributed by atoms with Crippen LogP contribution in [0.5, 0.6) is 0 Å². The average Bonchev–Trinajstić information content (AvgIpc) is 3.41. The Hall–Kier alpha value is -3.13. The summed E-state index contributed by atoms with van der Waals surface area (Å²) in [6.45, 7) is 4.70. The normalized spacial score (nSPS) is 15.5. The molecular weight excluding hydrogens is 346 g/mol. The molecule has 0 spiro atoms. The first-order valence-electron chi connectivity index (χ1n) is 8.91. The fraction of sp³-hybridized carbons (Fsp3) is 0.316. The van der Waals surface area contributed by atoms with Crippen molar-refractivity contribution in [3.8, 4) is 5.69 Å². The highest BCUT2D eigenvalue weighted by Crippen LogP contribution is 2.22. The first kappa shape index (κ1) is 17.3. The minimum absolute atomic E-state index is 0.194. The molecule has 8 nitrogen and oxygen atoms in total. The van der Waals surface area contributed by atoms with Crippen LogP contribution in [-0.4, -0.2) is 47.1 Å². The van der Waals surface area contributed by atoms with Crippen molar-refractivity contribution in [2.24, 2.45) is 0 Å². The maximum absolute atomic E-state index is 12.6. The summed E-state index contributed by atoms with van der Waals surface area (Å²) in [6.07, 6.45) is 3.60. The molecule has 1 amide bonds. The lowest BCUT2D eigenvalue weighted by molar-refractivity contribution is 0.0902. The van der Waals surface area contributed by atoms with E-state index in [2.05, 4.69) is 15.6 Å². The van der Waals surface area contributed by atoms with E-state index in [0.29, 0.717) is 19.0 Å². The highest BCUT2D eigenvalue weighted by atomic mass is 16.5. The Kier molecular flexibility index (Phi) is 4.88. The van der Waals surface area contributed by atoms with Gasteiger partial charge in [0.1, 0.15) is 0 Å². The van der Waals surface area contributed by atoms with Crippen LogP contribution < -0.4 is 10.2 Å². The maximum atomic E-state index is 12.6. The molecule has 1 aliphatic rings. The zero-order valence-corrected chi connectivity index (χ0v) is 15.0. The quantitative estimate of drug-likeness (QED) is 0.744. The van der Waals surface area contributed by atoms with Crippen LogP contribution >= 0.6 is 0 Å². The lowest BCUT2D eigenvalue weighted by Crippen LogP contribution is -2.36. The van der Waals surface area contributed by atoms with Crippen LogP contribution in [-0.2, 0) is 4.74 Å². The van der Waals surface area contributed by atoms with Crippen molar-refractivity contribution in [1.29, 1.82) is 0 Å². The number of hydrogen-bond acceptors (Lipinski definition) is 6. The van der Waals surface area contributed by atoms with Gasteiger partial charge in [-0.25, -0.2) is 4.68 Å². The van der Waals surface area contributed by atoms with E-state index in [0.717, 1.165) is 24.3 Å². The maximum Gasteiger partial charge on any atom is 0.290 e. The van der Waals surface area contributed by atoms with Crippen LogP contribution in [0.4, 0.5) is 5.82 Å². The molecule has 1 unspecified atom stereocenters. The Morgan fingerprint density at radius 1 is 1.22 bits per heavy atom. The number of morpholine rings is 1. The number of benzene rings is 1. The zero-order valence-electron chi connectivity index (χ0n) is 15.0. The predicted molar refractivity (Wildman–Crippen MR) is 99.0 cm³/mol. The highest BCUT2D eigenvalue weighted by molar-refractivity contribution is 5.92. The molecule has 4 rings (SSSR count). The summed E-state index contributed by atoms with van der Waals surface area (Å²) in [5, 5.41) is 11.3. The fourth-order valence-electron chi connectivity index (χ4n) is 3.13. The number of hydrogen-bond donors (Lipinski definition) is 1. The Bertz CT molecular complexity index is 900. The van der Waals surface area contributed by atoms with E-state index in [-0.39, 0.29) is 17.7 Å². The molecule has 8 heteroatoms. The van der Waals surface area contributed by atoms with E-state index in [1.54, 1.807) is 16.9 Å². The molecule has 1 aromatic carbocycles. The third-order valence-electron chi connectivity index (χ3n) is 4.56. The van der Waals surface area contributed by atoms with Crippen molar-refractivity contribution >= 4 is 11.7 Å². The molecule has 140 valence electrons. The first-order valence-corrected chi connectivity index (χ1v) is 8.91. The molecule has 2 aromatic heterocycles. The zero-order chi connectivity index (χ0) is 18.6. The lowest BCUT2D eigenvalue weighted by Gasteiger charge is -2.25. The van der Waals surface area contributed by atoms with E-state index in [4.69, 9.17) is 9.26 Å². The molecule has 0 radical (unpaired) electrons. The van der Waals surface area contributed by atoms with Crippen LogP contribution in [0.25, 0.3) is 5.69 Å². The Balaban J connectivity index is 1.48. The number of rotatable bonds is 5. The van der Waals surface area contributed by atoms with E-state index < -0.39 is 0 Å². The monoisotopic (exact) mass is 367 g/mol. The van der Waals surface area contributed by atoms with Crippen molar-refractivity contribution in [2.45, 2.75) is 13.0 Å². The van der Waals surface area contributed by atoms with Crippen molar-refractivity contribution in [3.05, 3.63) is 60.1 Å². The van der Waals surface area contributed by atoms with Crippen LogP contribution in [0.15, 0.2) is 53.3 Å². The van der Waals surface area contributed by atoms with Gasteiger partial charge in [-0.05, 0) is 24.6 Å². The number of ether oxygens (including phenoxy) is 1. The van der Waals surface area contributed by atoms with Gasteiger partial charge in [-0.3, -0.25) is 4.79 Å². The number of anilines is 1. The molecule has 27 heavy (non-hydrogen) atoms. The second-order valence-corrected chi connectivity index (χ2v) is 6.35. The molecule has 1 aliphatic heterocycles. The number of nitrogens with one attached hydrogen (secondary N) is 1. The molecule has 3 aromatic rings. The number of nitrogens with zero attached hydrogens (tertiary/aromatic N) is 4. The van der Waals surface area contributed by atoms with Gasteiger partial charge in [0.05, 0.1) is 24.9 Å². The van der Waals surface area contributed by atoms with Gasteiger partial charge in [0.25, 0.3) is 5.91 Å². The molecule has 1 atom stereocenters. The van der Waals surface area contributed by atoms with Crippen LogP contribution in [0.1, 0.15) is 29.1 Å². The largest absolute Gasteiger partial charge is 0.378 e. The third kappa shape index (κ3) is 3.70. The minimum atomic E-state index is -0.301. The van der Waals surface area contributed by atoms with Crippen molar-refractivity contribution < 1.29 is 14.1 Å². The summed E-state index contributed by atoms with van der Waals surface area (Å²) in [5.74, 6) is 0.553. The van der Waals surface area contributed by atoms with Crippen LogP contribution in [0.2, 0.25) is 0 Å². The van der Waals surface area contributed by atoms with E-state index in [1.165, 1.54) is 0 Å². The van der Waals surface area contributed by atoms with Crippen molar-refractivity contribution in [2.75, 3.05) is 31.2 Å². The van der Waals surface area contributed by atoms with E-state index in [9.17, 15) is 4.79 Å². The molecule has 0 aliphatic carbocycles. The van der Waals surface area contributed by atoms with Gasteiger partial charge in [0.15, 0.2) is 5.82 Å². The van der Waals surface area contributed by atoms with Crippen molar-refractivity contribution in [3.63, 3.8) is 0 Å². The molecule has 1 N–H and O–H groups in total. The minimum Gasteiger partial charge on any atom is -0.378 e. The third-order valence-corrected chi connectivity index (χ3v) is 4.56. The summed E-state index contributed by atoms with van der Waals surface area (Å²) < 4.78 is 12.4. The van der Waals surface area contributed by atoms with Gasteiger partial charge < -0.3 is 19.5 Å². The van der Waals surface area contributed by atoms with Crippen LogP contribution in [0, 0.1) is 0 Å². The summed E-state index contributed by atoms with van der Waals surface area (Å²) in [6, 6.07) is 11.1. The summed E-state index contributed by atoms with van der Waals surface area (Å²) in [7, 11) is 0. The van der Waals surface area contributed by atoms with Crippen molar-refractivity contribution in [1.82, 2.24) is 20.3 Å². The SMILES string of the molecule is CC(NC(=O)c1cc(N2CCOCC2)no1)c1ccccc1-n1cccn1. The molecule has 1 saturated heterocycles. The lowest BCUT2D eigenvalue weighted by atomic mass is 10.1. The van der Waals surface area contributed by atoms with E-state index in [1.807, 2.05) is 48.4 Å². The summed E-state index contributed by atoms with van der Waals surface area (Å²) in [5.41, 5.74) is 1.88. The molecular formula is C19H21N5O3. The first-order chi connectivity index (χ1) is 13.2. The molecule has 0 bridgehead atoms. The Morgan fingerprint density at radius 2 is 2.04 bits per heavy atom. The van der Waals surface area contributed by atoms with Gasteiger partial charge in [0.2, 0.25) is 5.76 Å². The second-order valence-electron chi connectivity index (χ2n) is 6.35. The average molecular weight is 367 g/mol. The molecule has 3 heterocycles. The van der Waals surface area contributed by atoms with E-state index >= 15 is 0 Å². The number of para-hydroxylation sites is 1. The summed E-state index contributed by atoms with van der Waals surface area (Å²) in [4.78, 5) is 14.7.